The summed E-state index contributed by atoms with van der Waals surface area (Å²) in [6.45, 7) is 1.14. The van der Waals surface area contributed by atoms with Gasteiger partial charge in [0.25, 0.3) is 0 Å². The monoisotopic (exact) mass is 342 g/mol. The van der Waals surface area contributed by atoms with E-state index in [1.165, 1.54) is 0 Å². The topological polar surface area (TPSA) is 66.5 Å². The van der Waals surface area contributed by atoms with E-state index < -0.39 is 9.84 Å². The second kappa shape index (κ2) is 6.18. The summed E-state index contributed by atoms with van der Waals surface area (Å²) in [6.07, 6.45) is 0.907. The fourth-order valence-corrected chi connectivity index (χ4v) is 4.39. The van der Waals surface area contributed by atoms with Gasteiger partial charge in [-0.15, -0.1) is 0 Å². The van der Waals surface area contributed by atoms with Crippen LogP contribution in [0, 0.1) is 0 Å². The molecule has 1 aromatic carbocycles. The van der Waals surface area contributed by atoms with Crippen LogP contribution in [-0.2, 0) is 14.6 Å². The Kier molecular flexibility index (Phi) is 4.43. The van der Waals surface area contributed by atoms with Crippen molar-refractivity contribution < 1.29 is 13.2 Å². The number of sulfone groups is 1. The maximum atomic E-state index is 12.0. The molecule has 0 aromatic heterocycles. The Bertz CT molecular complexity index is 663. The van der Waals surface area contributed by atoms with E-state index in [9.17, 15) is 13.2 Å². The Morgan fingerprint density at radius 2 is 1.95 bits per heavy atom. The van der Waals surface area contributed by atoms with Crippen molar-refractivity contribution in [2.75, 3.05) is 31.1 Å². The molecule has 0 spiro atoms. The summed E-state index contributed by atoms with van der Waals surface area (Å²) in [5.41, 5.74) is 1.08. The number of rotatable bonds is 4. The van der Waals surface area contributed by atoms with Gasteiger partial charge in [0.05, 0.1) is 18.1 Å². The van der Waals surface area contributed by atoms with Crippen LogP contribution in [0.15, 0.2) is 24.3 Å². The molecule has 2 aliphatic rings. The average molecular weight is 343 g/mol. The summed E-state index contributed by atoms with van der Waals surface area (Å²) in [4.78, 5) is 13.9. The minimum absolute atomic E-state index is 0.0427. The Hall–Kier alpha value is -1.11. The van der Waals surface area contributed by atoms with Crippen LogP contribution in [-0.4, -0.2) is 56.4 Å². The second-order valence-corrected chi connectivity index (χ2v) is 8.68. The summed E-state index contributed by atoms with van der Waals surface area (Å²) in [5.74, 6) is 0.538. The second-order valence-electron chi connectivity index (χ2n) is 5.97. The molecule has 1 aliphatic heterocycles. The number of halogens is 1. The molecule has 1 aliphatic carbocycles. The van der Waals surface area contributed by atoms with Crippen LogP contribution in [0.5, 0.6) is 0 Å². The zero-order valence-corrected chi connectivity index (χ0v) is 13.7. The maximum absolute atomic E-state index is 12.0. The minimum Gasteiger partial charge on any atom is -0.352 e. The van der Waals surface area contributed by atoms with Crippen LogP contribution >= 0.6 is 11.6 Å². The van der Waals surface area contributed by atoms with Crippen molar-refractivity contribution in [2.45, 2.75) is 18.4 Å². The zero-order valence-electron chi connectivity index (χ0n) is 12.2. The fourth-order valence-electron chi connectivity index (χ4n) is 2.84. The largest absolute Gasteiger partial charge is 0.352 e. The lowest BCUT2D eigenvalue weighted by molar-refractivity contribution is -0.122. The molecule has 1 saturated carbocycles. The lowest BCUT2D eigenvalue weighted by Crippen LogP contribution is -2.45. The molecule has 1 heterocycles. The smallest absolute Gasteiger partial charge is 0.234 e. The lowest BCUT2D eigenvalue weighted by atomic mass is 10.1. The highest BCUT2D eigenvalue weighted by atomic mass is 35.5. The molecule has 2 atom stereocenters. The predicted octanol–water partition coefficient (Wildman–Crippen LogP) is 1.04. The third-order valence-corrected chi connectivity index (χ3v) is 6.20. The summed E-state index contributed by atoms with van der Waals surface area (Å²) >= 11 is 6.17. The van der Waals surface area contributed by atoms with Crippen LogP contribution in [0.4, 0.5) is 0 Å². The number of nitrogens with zero attached hydrogens (tertiary/aromatic N) is 1. The third-order valence-electron chi connectivity index (χ3n) is 4.25. The van der Waals surface area contributed by atoms with Crippen molar-refractivity contribution in [3.05, 3.63) is 34.9 Å². The summed E-state index contributed by atoms with van der Waals surface area (Å²) in [5, 5.41) is 3.75. The number of carbonyl (C=O) groups is 1. The van der Waals surface area contributed by atoms with Crippen molar-refractivity contribution in [3.63, 3.8) is 0 Å². The number of nitrogens with one attached hydrogen (secondary N) is 1. The van der Waals surface area contributed by atoms with Gasteiger partial charge in [0.1, 0.15) is 0 Å². The van der Waals surface area contributed by atoms with Crippen molar-refractivity contribution in [2.24, 2.45) is 0 Å². The van der Waals surface area contributed by atoms with Gasteiger partial charge >= 0.3 is 0 Å². The molecule has 0 unspecified atom stereocenters. The van der Waals surface area contributed by atoms with Gasteiger partial charge in [0.2, 0.25) is 5.91 Å². The van der Waals surface area contributed by atoms with Crippen LogP contribution in [0.25, 0.3) is 0 Å². The summed E-state index contributed by atoms with van der Waals surface area (Å²) < 4.78 is 22.7. The van der Waals surface area contributed by atoms with Gasteiger partial charge in [-0.1, -0.05) is 29.8 Å². The molecule has 0 radical (unpaired) electrons. The van der Waals surface area contributed by atoms with E-state index in [1.54, 1.807) is 0 Å². The van der Waals surface area contributed by atoms with Crippen molar-refractivity contribution in [1.82, 2.24) is 10.2 Å². The molecule has 1 saturated heterocycles. The number of hydrogen-bond acceptors (Lipinski definition) is 4. The van der Waals surface area contributed by atoms with Crippen LogP contribution in [0.1, 0.15) is 17.9 Å². The number of benzene rings is 1. The highest BCUT2D eigenvalue weighted by molar-refractivity contribution is 7.91. The first-order valence-corrected chi connectivity index (χ1v) is 9.61. The molecule has 3 rings (SSSR count). The number of hydrogen-bond donors (Lipinski definition) is 1. The van der Waals surface area contributed by atoms with Gasteiger partial charge < -0.3 is 5.32 Å². The molecule has 0 bridgehead atoms. The Labute approximate surface area is 135 Å². The minimum atomic E-state index is -2.90. The van der Waals surface area contributed by atoms with Crippen molar-refractivity contribution in [1.29, 1.82) is 0 Å². The van der Waals surface area contributed by atoms with Gasteiger partial charge in [0.15, 0.2) is 9.84 Å². The lowest BCUT2D eigenvalue weighted by Gasteiger charge is -2.25. The number of amides is 1. The van der Waals surface area contributed by atoms with E-state index in [1.807, 2.05) is 29.2 Å². The molecule has 1 aromatic rings. The molecular weight excluding hydrogens is 324 g/mol. The quantitative estimate of drug-likeness (QED) is 0.888. The van der Waals surface area contributed by atoms with Gasteiger partial charge in [-0.05, 0) is 18.1 Å². The van der Waals surface area contributed by atoms with E-state index >= 15 is 0 Å². The standard InChI is InChI=1S/C15H19ClN2O3S/c16-13-4-2-1-3-11(13)12-9-14(12)17-15(19)10-18-5-7-22(20,21)8-6-18/h1-4,12,14H,5-10H2,(H,17,19)/t12-,14-/m0/s1. The van der Waals surface area contributed by atoms with E-state index in [-0.39, 0.29) is 30.0 Å². The van der Waals surface area contributed by atoms with Crippen molar-refractivity contribution >= 4 is 27.3 Å². The SMILES string of the molecule is O=C(CN1CCS(=O)(=O)CC1)N[C@H]1C[C@H]1c1ccccc1Cl. The Morgan fingerprint density at radius 3 is 2.64 bits per heavy atom. The normalized spacial score (nSPS) is 27.3. The summed E-state index contributed by atoms with van der Waals surface area (Å²) in [7, 11) is -2.90. The van der Waals surface area contributed by atoms with Gasteiger partial charge in [-0.3, -0.25) is 9.69 Å². The molecule has 1 amide bonds. The molecule has 7 heteroatoms. The van der Waals surface area contributed by atoms with Crippen molar-refractivity contribution in [3.8, 4) is 0 Å². The van der Waals surface area contributed by atoms with E-state index in [4.69, 9.17) is 11.6 Å². The molecule has 1 N–H and O–H groups in total. The Morgan fingerprint density at radius 1 is 1.27 bits per heavy atom. The average Bonchev–Trinajstić information content (AvgIpc) is 3.20. The zero-order chi connectivity index (χ0) is 15.7. The molecular formula is C15H19ClN2O3S. The fraction of sp³-hybridized carbons (Fsp3) is 0.533. The first kappa shape index (κ1) is 15.8. The van der Waals surface area contributed by atoms with E-state index in [0.717, 1.165) is 17.0 Å². The maximum Gasteiger partial charge on any atom is 0.234 e. The molecule has 5 nitrogen and oxygen atoms in total. The van der Waals surface area contributed by atoms with E-state index in [0.29, 0.717) is 19.0 Å². The van der Waals surface area contributed by atoms with Gasteiger partial charge in [-0.2, -0.15) is 0 Å². The van der Waals surface area contributed by atoms with Gasteiger partial charge in [0, 0.05) is 30.1 Å². The van der Waals surface area contributed by atoms with Gasteiger partial charge in [-0.25, -0.2) is 8.42 Å². The first-order chi connectivity index (χ1) is 10.4. The predicted molar refractivity (Wildman–Crippen MR) is 85.8 cm³/mol. The first-order valence-electron chi connectivity index (χ1n) is 7.41. The van der Waals surface area contributed by atoms with Crippen LogP contribution in [0.3, 0.4) is 0 Å². The van der Waals surface area contributed by atoms with E-state index in [2.05, 4.69) is 5.32 Å². The highest BCUT2D eigenvalue weighted by Gasteiger charge is 2.40. The highest BCUT2D eigenvalue weighted by Crippen LogP contribution is 2.43. The molecule has 2 fully saturated rings. The summed E-state index contributed by atoms with van der Waals surface area (Å²) in [6, 6.07) is 7.84. The number of carbonyl (C=O) groups excluding carboxylic acids is 1. The van der Waals surface area contributed by atoms with Crippen LogP contribution in [0.2, 0.25) is 5.02 Å². The third kappa shape index (κ3) is 3.80. The van der Waals surface area contributed by atoms with Crippen LogP contribution < -0.4 is 5.32 Å². The molecule has 120 valence electrons. The molecule has 22 heavy (non-hydrogen) atoms. The Balaban J connectivity index is 1.47.